The molecule has 0 aliphatic heterocycles. The van der Waals surface area contributed by atoms with Gasteiger partial charge in [-0.2, -0.15) is 0 Å². The van der Waals surface area contributed by atoms with Crippen LogP contribution in [0.5, 0.6) is 0 Å². The molecule has 0 aromatic rings. The maximum Gasteiger partial charge on any atom is -0.0351 e. The highest BCUT2D eigenvalue weighted by Gasteiger charge is 2.20. The summed E-state index contributed by atoms with van der Waals surface area (Å²) in [6.07, 6.45) is 5.92. The molecule has 0 aromatic carbocycles. The van der Waals surface area contributed by atoms with E-state index in [0.29, 0.717) is 0 Å². The summed E-state index contributed by atoms with van der Waals surface area (Å²) in [5, 5.41) is 0. The lowest BCUT2D eigenvalue weighted by Gasteiger charge is -2.28. The predicted octanol–water partition coefficient (Wildman–Crippen LogP) is 4.91. The molecule has 0 amide bonds. The first-order chi connectivity index (χ1) is 6.49. The summed E-state index contributed by atoms with van der Waals surface area (Å²) in [4.78, 5) is 0. The molecule has 0 spiro atoms. The van der Waals surface area contributed by atoms with Crippen LogP contribution in [0.3, 0.4) is 0 Å². The van der Waals surface area contributed by atoms with Crippen LogP contribution in [0.2, 0.25) is 0 Å². The van der Waals surface area contributed by atoms with Gasteiger partial charge in [0.05, 0.1) is 0 Å². The average Bonchev–Trinajstić information content (AvgIpc) is 2.10. The Morgan fingerprint density at radius 1 is 1.07 bits per heavy atom. The van der Waals surface area contributed by atoms with Crippen molar-refractivity contribution in [3.63, 3.8) is 0 Å². The third-order valence-electron chi connectivity index (χ3n) is 3.31. The minimum atomic E-state index is 0.809. The molecule has 0 aliphatic carbocycles. The van der Waals surface area contributed by atoms with Crippen LogP contribution in [0, 0.1) is 23.7 Å². The van der Waals surface area contributed by atoms with Gasteiger partial charge in [-0.3, -0.25) is 0 Å². The van der Waals surface area contributed by atoms with Gasteiger partial charge >= 0.3 is 0 Å². The first kappa shape index (κ1) is 13.7. The molecule has 14 heavy (non-hydrogen) atoms. The molecule has 0 N–H and O–H groups in total. The fourth-order valence-electron chi connectivity index (χ4n) is 2.08. The SMILES string of the molecule is C=CCCC(CC(C)C)C(C)C(C)C. The summed E-state index contributed by atoms with van der Waals surface area (Å²) in [7, 11) is 0. The quantitative estimate of drug-likeness (QED) is 0.508. The van der Waals surface area contributed by atoms with Gasteiger partial charge in [0.25, 0.3) is 0 Å². The molecule has 0 heteroatoms. The summed E-state index contributed by atoms with van der Waals surface area (Å²) >= 11 is 0. The van der Waals surface area contributed by atoms with Crippen LogP contribution in [-0.2, 0) is 0 Å². The van der Waals surface area contributed by atoms with Crippen LogP contribution in [0.4, 0.5) is 0 Å². The van der Waals surface area contributed by atoms with Crippen molar-refractivity contribution in [2.24, 2.45) is 23.7 Å². The van der Waals surface area contributed by atoms with Gasteiger partial charge in [0.1, 0.15) is 0 Å². The minimum Gasteiger partial charge on any atom is -0.103 e. The topological polar surface area (TPSA) is 0 Å². The highest BCUT2D eigenvalue weighted by atomic mass is 14.3. The van der Waals surface area contributed by atoms with Gasteiger partial charge in [-0.15, -0.1) is 6.58 Å². The van der Waals surface area contributed by atoms with Crippen molar-refractivity contribution in [3.8, 4) is 0 Å². The monoisotopic (exact) mass is 196 g/mol. The van der Waals surface area contributed by atoms with Crippen LogP contribution in [0.25, 0.3) is 0 Å². The lowest BCUT2D eigenvalue weighted by atomic mass is 9.78. The van der Waals surface area contributed by atoms with Crippen molar-refractivity contribution < 1.29 is 0 Å². The van der Waals surface area contributed by atoms with Gasteiger partial charge in [-0.05, 0) is 42.9 Å². The van der Waals surface area contributed by atoms with E-state index in [4.69, 9.17) is 0 Å². The standard InChI is InChI=1S/C14H28/c1-7-8-9-14(10-11(2)3)13(6)12(4)5/h7,11-14H,1,8-10H2,2-6H3. The van der Waals surface area contributed by atoms with E-state index in [1.165, 1.54) is 19.3 Å². The molecular weight excluding hydrogens is 168 g/mol. The van der Waals surface area contributed by atoms with Crippen LogP contribution in [-0.4, -0.2) is 0 Å². The van der Waals surface area contributed by atoms with E-state index in [9.17, 15) is 0 Å². The molecular formula is C14H28. The Hall–Kier alpha value is -0.260. The smallest absolute Gasteiger partial charge is 0.0351 e. The normalized spacial score (nSPS) is 15.9. The third kappa shape index (κ3) is 5.47. The molecule has 0 rings (SSSR count). The number of hydrogen-bond acceptors (Lipinski definition) is 0. The zero-order valence-electron chi connectivity index (χ0n) is 10.7. The molecule has 2 atom stereocenters. The molecule has 0 saturated heterocycles. The highest BCUT2D eigenvalue weighted by Crippen LogP contribution is 2.30. The first-order valence-electron chi connectivity index (χ1n) is 6.09. The van der Waals surface area contributed by atoms with Gasteiger partial charge in [0.15, 0.2) is 0 Å². The van der Waals surface area contributed by atoms with Crippen molar-refractivity contribution in [1.29, 1.82) is 0 Å². The largest absolute Gasteiger partial charge is 0.103 e. The van der Waals surface area contributed by atoms with Crippen molar-refractivity contribution in [3.05, 3.63) is 12.7 Å². The van der Waals surface area contributed by atoms with E-state index < -0.39 is 0 Å². The molecule has 0 fully saturated rings. The van der Waals surface area contributed by atoms with E-state index in [1.54, 1.807) is 0 Å². The molecule has 0 nitrogen and oxygen atoms in total. The number of rotatable bonds is 7. The summed E-state index contributed by atoms with van der Waals surface area (Å²) in [5.41, 5.74) is 0. The van der Waals surface area contributed by atoms with E-state index in [2.05, 4.69) is 47.3 Å². The molecule has 0 aromatic heterocycles. The van der Waals surface area contributed by atoms with E-state index in [-0.39, 0.29) is 0 Å². The zero-order chi connectivity index (χ0) is 11.1. The third-order valence-corrected chi connectivity index (χ3v) is 3.31. The van der Waals surface area contributed by atoms with E-state index in [0.717, 1.165) is 23.7 Å². The highest BCUT2D eigenvalue weighted by molar-refractivity contribution is 4.75. The first-order valence-corrected chi connectivity index (χ1v) is 6.09. The summed E-state index contributed by atoms with van der Waals surface area (Å²) < 4.78 is 0. The Labute approximate surface area is 90.8 Å². The lowest BCUT2D eigenvalue weighted by Crippen LogP contribution is -2.19. The van der Waals surface area contributed by atoms with E-state index >= 15 is 0 Å². The number of allylic oxidation sites excluding steroid dienone is 1. The Morgan fingerprint density at radius 2 is 1.64 bits per heavy atom. The second-order valence-electron chi connectivity index (χ2n) is 5.36. The van der Waals surface area contributed by atoms with Gasteiger partial charge < -0.3 is 0 Å². The zero-order valence-corrected chi connectivity index (χ0v) is 10.7. The molecule has 0 aliphatic rings. The van der Waals surface area contributed by atoms with Gasteiger partial charge in [-0.25, -0.2) is 0 Å². The van der Waals surface area contributed by atoms with Crippen molar-refractivity contribution >= 4 is 0 Å². The molecule has 0 bridgehead atoms. The predicted molar refractivity (Wildman–Crippen MR) is 66.4 cm³/mol. The minimum absolute atomic E-state index is 0.809. The van der Waals surface area contributed by atoms with Crippen molar-refractivity contribution in [1.82, 2.24) is 0 Å². The molecule has 0 radical (unpaired) electrons. The lowest BCUT2D eigenvalue weighted by molar-refractivity contribution is 0.227. The van der Waals surface area contributed by atoms with Crippen LogP contribution in [0.1, 0.15) is 53.9 Å². The second kappa shape index (κ2) is 7.09. The van der Waals surface area contributed by atoms with Crippen LogP contribution < -0.4 is 0 Å². The van der Waals surface area contributed by atoms with Crippen molar-refractivity contribution in [2.45, 2.75) is 53.9 Å². The molecule has 0 heterocycles. The van der Waals surface area contributed by atoms with Gasteiger partial charge in [0.2, 0.25) is 0 Å². The fraction of sp³-hybridized carbons (Fsp3) is 0.857. The van der Waals surface area contributed by atoms with Gasteiger partial charge in [0, 0.05) is 0 Å². The molecule has 0 saturated carbocycles. The number of hydrogen-bond donors (Lipinski definition) is 0. The summed E-state index contributed by atoms with van der Waals surface area (Å²) in [6.45, 7) is 15.6. The molecule has 2 unspecified atom stereocenters. The second-order valence-corrected chi connectivity index (χ2v) is 5.36. The maximum atomic E-state index is 3.82. The Morgan fingerprint density at radius 3 is 2.00 bits per heavy atom. The fourth-order valence-corrected chi connectivity index (χ4v) is 2.08. The van der Waals surface area contributed by atoms with Gasteiger partial charge in [-0.1, -0.05) is 40.7 Å². The average molecular weight is 196 g/mol. The summed E-state index contributed by atoms with van der Waals surface area (Å²) in [5.74, 6) is 3.36. The van der Waals surface area contributed by atoms with Crippen LogP contribution in [0.15, 0.2) is 12.7 Å². The Kier molecular flexibility index (Phi) is 6.96. The Bertz CT molecular complexity index is 144. The maximum absolute atomic E-state index is 3.82. The van der Waals surface area contributed by atoms with Crippen LogP contribution >= 0.6 is 0 Å². The van der Waals surface area contributed by atoms with E-state index in [1.807, 2.05) is 0 Å². The summed E-state index contributed by atoms with van der Waals surface area (Å²) in [6, 6.07) is 0. The Balaban J connectivity index is 4.14. The van der Waals surface area contributed by atoms with Crippen molar-refractivity contribution in [2.75, 3.05) is 0 Å². The molecule has 84 valence electrons.